The van der Waals surface area contributed by atoms with E-state index in [4.69, 9.17) is 4.74 Å². The van der Waals surface area contributed by atoms with E-state index in [1.807, 2.05) is 20.8 Å². The summed E-state index contributed by atoms with van der Waals surface area (Å²) in [6.07, 6.45) is 2.73. The molecule has 0 aromatic rings. The van der Waals surface area contributed by atoms with Gasteiger partial charge in [0.15, 0.2) is 0 Å². The minimum Gasteiger partial charge on any atom is -0.377 e. The first-order valence-electron chi connectivity index (χ1n) is 9.34. The van der Waals surface area contributed by atoms with Gasteiger partial charge in [0, 0.05) is 51.9 Å². The van der Waals surface area contributed by atoms with Crippen molar-refractivity contribution in [2.75, 3.05) is 59.5 Å². The van der Waals surface area contributed by atoms with E-state index in [0.717, 1.165) is 39.3 Å². The van der Waals surface area contributed by atoms with Crippen molar-refractivity contribution in [2.24, 2.45) is 0 Å². The first-order valence-corrected chi connectivity index (χ1v) is 9.34. The molecule has 2 aliphatic heterocycles. The molecule has 2 heterocycles. The highest BCUT2D eigenvalue weighted by molar-refractivity contribution is 5.85. The Kier molecular flexibility index (Phi) is 7.22. The maximum Gasteiger partial charge on any atom is 0.240 e. The fourth-order valence-electron chi connectivity index (χ4n) is 3.28. The molecule has 0 aromatic heterocycles. The molecule has 7 nitrogen and oxygen atoms in total. The lowest BCUT2D eigenvalue weighted by Crippen LogP contribution is -2.52. The van der Waals surface area contributed by atoms with Crippen LogP contribution in [-0.2, 0) is 14.3 Å². The number of ether oxygens (including phenoxy) is 1. The molecule has 2 fully saturated rings. The second kappa shape index (κ2) is 8.96. The molecule has 25 heavy (non-hydrogen) atoms. The van der Waals surface area contributed by atoms with Gasteiger partial charge in [-0.25, -0.2) is 0 Å². The Labute approximate surface area is 151 Å². The summed E-state index contributed by atoms with van der Waals surface area (Å²) in [4.78, 5) is 30.4. The van der Waals surface area contributed by atoms with E-state index in [2.05, 4.69) is 15.1 Å². The number of piperazine rings is 1. The van der Waals surface area contributed by atoms with Crippen LogP contribution in [-0.4, -0.2) is 97.6 Å². The predicted molar refractivity (Wildman–Crippen MR) is 97.4 cm³/mol. The van der Waals surface area contributed by atoms with E-state index in [-0.39, 0.29) is 23.9 Å². The molecule has 0 saturated carbocycles. The second-order valence-corrected chi connectivity index (χ2v) is 8.26. The standard InChI is InChI=1S/C18H34N4O3/c1-18(2,3)19-16(23)13-20(4)17(24)14-22-9-7-21(8-10-22)12-15-6-5-11-25-15/h15H,5-14H2,1-4H3,(H,19,23). The number of hydrogen-bond donors (Lipinski definition) is 1. The lowest BCUT2D eigenvalue weighted by molar-refractivity contribution is -0.136. The van der Waals surface area contributed by atoms with Crippen LogP contribution in [0.5, 0.6) is 0 Å². The Morgan fingerprint density at radius 1 is 1.16 bits per heavy atom. The monoisotopic (exact) mass is 354 g/mol. The van der Waals surface area contributed by atoms with Gasteiger partial charge in [-0.15, -0.1) is 0 Å². The third-order valence-corrected chi connectivity index (χ3v) is 4.63. The summed E-state index contributed by atoms with van der Waals surface area (Å²) in [5.41, 5.74) is -0.277. The van der Waals surface area contributed by atoms with E-state index in [0.29, 0.717) is 12.6 Å². The van der Waals surface area contributed by atoms with Crippen molar-refractivity contribution in [1.82, 2.24) is 20.0 Å². The quantitative estimate of drug-likeness (QED) is 0.736. The minimum absolute atomic E-state index is 0.00312. The molecule has 0 spiro atoms. The molecule has 2 saturated heterocycles. The molecule has 1 unspecified atom stereocenters. The van der Waals surface area contributed by atoms with Gasteiger partial charge >= 0.3 is 0 Å². The number of carbonyl (C=O) groups excluding carboxylic acids is 2. The lowest BCUT2D eigenvalue weighted by Gasteiger charge is -2.35. The molecule has 2 aliphatic rings. The van der Waals surface area contributed by atoms with Crippen LogP contribution in [0, 0.1) is 0 Å². The number of nitrogens with zero attached hydrogens (tertiary/aromatic N) is 3. The summed E-state index contributed by atoms with van der Waals surface area (Å²) in [5, 5.41) is 2.88. The molecule has 2 rings (SSSR count). The van der Waals surface area contributed by atoms with E-state index in [1.165, 1.54) is 17.7 Å². The zero-order valence-electron chi connectivity index (χ0n) is 16.2. The number of amides is 2. The summed E-state index contributed by atoms with van der Waals surface area (Å²) in [6.45, 7) is 11.9. The van der Waals surface area contributed by atoms with Gasteiger partial charge in [-0.2, -0.15) is 0 Å². The average molecular weight is 354 g/mol. The van der Waals surface area contributed by atoms with Crippen molar-refractivity contribution in [1.29, 1.82) is 0 Å². The Morgan fingerprint density at radius 2 is 1.80 bits per heavy atom. The Morgan fingerprint density at radius 3 is 2.36 bits per heavy atom. The van der Waals surface area contributed by atoms with Gasteiger partial charge in [-0.3, -0.25) is 19.4 Å². The first-order chi connectivity index (χ1) is 11.7. The van der Waals surface area contributed by atoms with Crippen molar-refractivity contribution < 1.29 is 14.3 Å². The Bertz CT molecular complexity index is 450. The van der Waals surface area contributed by atoms with Crippen LogP contribution in [0.25, 0.3) is 0 Å². The molecule has 2 amide bonds. The number of nitrogens with one attached hydrogen (secondary N) is 1. The van der Waals surface area contributed by atoms with Gasteiger partial charge in [-0.05, 0) is 33.6 Å². The van der Waals surface area contributed by atoms with Crippen molar-refractivity contribution >= 4 is 11.8 Å². The summed E-state index contributed by atoms with van der Waals surface area (Å²) in [6, 6.07) is 0. The van der Waals surface area contributed by atoms with Crippen molar-refractivity contribution in [3.8, 4) is 0 Å². The van der Waals surface area contributed by atoms with E-state index in [9.17, 15) is 9.59 Å². The molecular weight excluding hydrogens is 320 g/mol. The Balaban J connectivity index is 1.66. The molecule has 0 aliphatic carbocycles. The smallest absolute Gasteiger partial charge is 0.240 e. The van der Waals surface area contributed by atoms with Crippen molar-refractivity contribution in [3.63, 3.8) is 0 Å². The van der Waals surface area contributed by atoms with Gasteiger partial charge in [-0.1, -0.05) is 0 Å². The van der Waals surface area contributed by atoms with E-state index >= 15 is 0 Å². The summed E-state index contributed by atoms with van der Waals surface area (Å²) in [7, 11) is 1.69. The normalized spacial score (nSPS) is 22.8. The van der Waals surface area contributed by atoms with Crippen LogP contribution in [0.15, 0.2) is 0 Å². The summed E-state index contributed by atoms with van der Waals surface area (Å²) < 4.78 is 5.70. The van der Waals surface area contributed by atoms with Crippen LogP contribution in [0.4, 0.5) is 0 Å². The lowest BCUT2D eigenvalue weighted by atomic mass is 10.1. The van der Waals surface area contributed by atoms with E-state index < -0.39 is 0 Å². The predicted octanol–water partition coefficient (Wildman–Crippen LogP) is 0.156. The third kappa shape index (κ3) is 7.30. The largest absolute Gasteiger partial charge is 0.377 e. The number of rotatable bonds is 6. The van der Waals surface area contributed by atoms with Crippen LogP contribution < -0.4 is 5.32 Å². The highest BCUT2D eigenvalue weighted by atomic mass is 16.5. The molecular formula is C18H34N4O3. The van der Waals surface area contributed by atoms with Crippen molar-refractivity contribution in [2.45, 2.75) is 45.3 Å². The highest BCUT2D eigenvalue weighted by Gasteiger charge is 2.25. The molecule has 1 atom stereocenters. The summed E-state index contributed by atoms with van der Waals surface area (Å²) >= 11 is 0. The first kappa shape index (κ1) is 20.1. The maximum atomic E-state index is 12.3. The molecule has 0 aromatic carbocycles. The number of likely N-dealkylation sites (N-methyl/N-ethyl adjacent to an activating group) is 1. The number of hydrogen-bond acceptors (Lipinski definition) is 5. The van der Waals surface area contributed by atoms with Crippen molar-refractivity contribution in [3.05, 3.63) is 0 Å². The zero-order valence-corrected chi connectivity index (χ0v) is 16.2. The maximum absolute atomic E-state index is 12.3. The van der Waals surface area contributed by atoms with Crippen LogP contribution >= 0.6 is 0 Å². The summed E-state index contributed by atoms with van der Waals surface area (Å²) in [5.74, 6) is -0.124. The van der Waals surface area contributed by atoms with Crippen LogP contribution in [0.2, 0.25) is 0 Å². The van der Waals surface area contributed by atoms with Gasteiger partial charge in [0.1, 0.15) is 0 Å². The van der Waals surface area contributed by atoms with E-state index in [1.54, 1.807) is 7.05 Å². The third-order valence-electron chi connectivity index (χ3n) is 4.63. The minimum atomic E-state index is -0.277. The van der Waals surface area contributed by atoms with Crippen LogP contribution in [0.3, 0.4) is 0 Å². The fourth-order valence-corrected chi connectivity index (χ4v) is 3.28. The average Bonchev–Trinajstić information content (AvgIpc) is 3.00. The molecule has 0 radical (unpaired) electrons. The second-order valence-electron chi connectivity index (χ2n) is 8.26. The Hall–Kier alpha value is -1.18. The molecule has 7 heteroatoms. The highest BCUT2D eigenvalue weighted by Crippen LogP contribution is 2.14. The SMILES string of the molecule is CN(CC(=O)NC(C)(C)C)C(=O)CN1CCN(CC2CCCO2)CC1. The van der Waals surface area contributed by atoms with Gasteiger partial charge < -0.3 is 15.0 Å². The topological polar surface area (TPSA) is 65.1 Å². The molecule has 0 bridgehead atoms. The molecule has 144 valence electrons. The van der Waals surface area contributed by atoms with Gasteiger partial charge in [0.2, 0.25) is 11.8 Å². The van der Waals surface area contributed by atoms with Gasteiger partial charge in [0.05, 0.1) is 19.2 Å². The van der Waals surface area contributed by atoms with Gasteiger partial charge in [0.25, 0.3) is 0 Å². The fraction of sp³-hybridized carbons (Fsp3) is 0.889. The molecule has 1 N–H and O–H groups in total. The zero-order chi connectivity index (χ0) is 18.4. The number of carbonyl (C=O) groups is 2. The van der Waals surface area contributed by atoms with Crippen LogP contribution in [0.1, 0.15) is 33.6 Å².